The number of carboxylic acids is 1. The van der Waals surface area contributed by atoms with Crippen molar-refractivity contribution in [3.8, 4) is 5.75 Å². The fourth-order valence-electron chi connectivity index (χ4n) is 1.36. The Morgan fingerprint density at radius 2 is 2.07 bits per heavy atom. The van der Waals surface area contributed by atoms with Gasteiger partial charge in [0.15, 0.2) is 0 Å². The van der Waals surface area contributed by atoms with Gasteiger partial charge in [-0.2, -0.15) is 0 Å². The third kappa shape index (κ3) is 2.07. The Hall–Kier alpha value is -2.03. The van der Waals surface area contributed by atoms with Crippen molar-refractivity contribution < 1.29 is 14.6 Å². The second-order valence-electron chi connectivity index (χ2n) is 3.16. The van der Waals surface area contributed by atoms with Crippen LogP contribution in [0.5, 0.6) is 5.75 Å². The lowest BCUT2D eigenvalue weighted by molar-refractivity contribution is -0.142. The van der Waals surface area contributed by atoms with E-state index in [0.29, 0.717) is 5.75 Å². The van der Waals surface area contributed by atoms with Gasteiger partial charge in [0.2, 0.25) is 6.10 Å². The maximum absolute atomic E-state index is 10.8. The van der Waals surface area contributed by atoms with Crippen LogP contribution in [-0.4, -0.2) is 17.2 Å². The van der Waals surface area contributed by atoms with Gasteiger partial charge in [-0.05, 0) is 12.1 Å². The molecular formula is C12H10O3. The van der Waals surface area contributed by atoms with Gasteiger partial charge in [0, 0.05) is 5.56 Å². The van der Waals surface area contributed by atoms with Gasteiger partial charge in [-0.15, -0.1) is 0 Å². The van der Waals surface area contributed by atoms with Crippen molar-refractivity contribution in [1.29, 1.82) is 0 Å². The Morgan fingerprint density at radius 1 is 1.27 bits per heavy atom. The van der Waals surface area contributed by atoms with Gasteiger partial charge in [-0.25, -0.2) is 4.79 Å². The molecule has 0 spiro atoms. The lowest BCUT2D eigenvalue weighted by Crippen LogP contribution is -2.25. The molecular weight excluding hydrogens is 192 g/mol. The van der Waals surface area contributed by atoms with Crippen LogP contribution in [-0.2, 0) is 4.79 Å². The van der Waals surface area contributed by atoms with Crippen molar-refractivity contribution in [3.63, 3.8) is 0 Å². The summed E-state index contributed by atoms with van der Waals surface area (Å²) in [5.74, 6) is -0.401. The van der Waals surface area contributed by atoms with E-state index >= 15 is 0 Å². The van der Waals surface area contributed by atoms with Gasteiger partial charge in [0.1, 0.15) is 5.75 Å². The lowest BCUT2D eigenvalue weighted by Gasteiger charge is -2.14. The summed E-state index contributed by atoms with van der Waals surface area (Å²) in [5, 5.41) is 8.88. The third-order valence-corrected chi connectivity index (χ3v) is 2.09. The van der Waals surface area contributed by atoms with Crippen molar-refractivity contribution in [1.82, 2.24) is 0 Å². The van der Waals surface area contributed by atoms with E-state index in [9.17, 15) is 4.79 Å². The van der Waals surface area contributed by atoms with E-state index in [0.717, 1.165) is 5.56 Å². The number of fused-ring (bicyclic) bond motifs is 1. The number of carboxylic acid groups (broad SMARTS) is 1. The Kier molecular flexibility index (Phi) is 2.54. The summed E-state index contributed by atoms with van der Waals surface area (Å²) >= 11 is 0. The molecule has 0 amide bonds. The van der Waals surface area contributed by atoms with Crippen LogP contribution in [0.1, 0.15) is 5.56 Å². The van der Waals surface area contributed by atoms with E-state index in [1.54, 1.807) is 18.2 Å². The van der Waals surface area contributed by atoms with Gasteiger partial charge >= 0.3 is 5.97 Å². The molecule has 0 saturated carbocycles. The number of ether oxygens (including phenoxy) is 1. The van der Waals surface area contributed by atoms with Crippen LogP contribution < -0.4 is 4.74 Å². The first-order chi connectivity index (χ1) is 7.27. The molecule has 0 radical (unpaired) electrons. The number of hydrogen-bond acceptors (Lipinski definition) is 2. The molecule has 0 aliphatic carbocycles. The number of aliphatic carboxylic acids is 1. The summed E-state index contributed by atoms with van der Waals surface area (Å²) in [6, 6.07) is 7.34. The van der Waals surface area contributed by atoms with Crippen molar-refractivity contribution >= 4 is 12.0 Å². The first kappa shape index (κ1) is 9.52. The minimum absolute atomic E-state index is 0.588. The normalized spacial score (nSPS) is 18.5. The Bertz CT molecular complexity index is 432. The molecule has 76 valence electrons. The molecule has 15 heavy (non-hydrogen) atoms. The highest BCUT2D eigenvalue weighted by Gasteiger charge is 2.17. The number of benzene rings is 1. The summed E-state index contributed by atoms with van der Waals surface area (Å²) < 4.78 is 5.36. The molecule has 3 nitrogen and oxygen atoms in total. The molecule has 0 aromatic heterocycles. The van der Waals surface area contributed by atoms with Crippen molar-refractivity contribution in [2.45, 2.75) is 6.10 Å². The highest BCUT2D eigenvalue weighted by molar-refractivity contribution is 5.76. The van der Waals surface area contributed by atoms with Gasteiger partial charge in [-0.1, -0.05) is 36.4 Å². The zero-order chi connectivity index (χ0) is 10.7. The largest absolute Gasteiger partial charge is 0.478 e. The van der Waals surface area contributed by atoms with Crippen LogP contribution in [0.4, 0.5) is 0 Å². The summed E-state index contributed by atoms with van der Waals surface area (Å²) in [4.78, 5) is 10.8. The van der Waals surface area contributed by atoms with E-state index in [1.807, 2.05) is 24.3 Å². The van der Waals surface area contributed by atoms with E-state index in [2.05, 4.69) is 0 Å². The monoisotopic (exact) mass is 202 g/mol. The fourth-order valence-corrected chi connectivity index (χ4v) is 1.36. The molecule has 1 N–H and O–H groups in total. The first-order valence-electron chi connectivity index (χ1n) is 4.61. The van der Waals surface area contributed by atoms with Crippen LogP contribution in [0.3, 0.4) is 0 Å². The number of carbonyl (C=O) groups is 1. The standard InChI is InChI=1S/C12H10O3/c13-12(14)11-8-4-2-6-9-5-1-3-7-10(9)15-11/h1-8,11H,(H,13,14). The van der Waals surface area contributed by atoms with Gasteiger partial charge in [0.05, 0.1) is 0 Å². The second kappa shape index (κ2) is 4.00. The molecule has 0 bridgehead atoms. The predicted octanol–water partition coefficient (Wildman–Crippen LogP) is 2.10. The highest BCUT2D eigenvalue weighted by atomic mass is 16.5. The van der Waals surface area contributed by atoms with Crippen LogP contribution in [0, 0.1) is 0 Å². The molecule has 2 rings (SSSR count). The van der Waals surface area contributed by atoms with Crippen molar-refractivity contribution in [2.24, 2.45) is 0 Å². The Morgan fingerprint density at radius 3 is 2.87 bits per heavy atom. The Balaban J connectivity index is 2.40. The topological polar surface area (TPSA) is 46.5 Å². The number of allylic oxidation sites excluding steroid dienone is 2. The van der Waals surface area contributed by atoms with Gasteiger partial charge < -0.3 is 9.84 Å². The smallest absolute Gasteiger partial charge is 0.349 e. The van der Waals surface area contributed by atoms with Crippen LogP contribution in [0.25, 0.3) is 6.08 Å². The summed E-state index contributed by atoms with van der Waals surface area (Å²) in [6.45, 7) is 0. The third-order valence-electron chi connectivity index (χ3n) is 2.09. The molecule has 1 aromatic carbocycles. The van der Waals surface area contributed by atoms with Crippen LogP contribution in [0.2, 0.25) is 0 Å². The second-order valence-corrected chi connectivity index (χ2v) is 3.16. The van der Waals surface area contributed by atoms with E-state index in [-0.39, 0.29) is 0 Å². The first-order valence-corrected chi connectivity index (χ1v) is 4.61. The highest BCUT2D eigenvalue weighted by Crippen LogP contribution is 2.22. The number of hydrogen-bond donors (Lipinski definition) is 1. The molecule has 3 heteroatoms. The predicted molar refractivity (Wildman–Crippen MR) is 56.7 cm³/mol. The quantitative estimate of drug-likeness (QED) is 0.758. The SMILES string of the molecule is O=C(O)C1C=CC=Cc2ccccc2O1. The molecule has 0 saturated heterocycles. The molecule has 1 aliphatic heterocycles. The molecule has 1 heterocycles. The van der Waals surface area contributed by atoms with E-state index in [4.69, 9.17) is 9.84 Å². The van der Waals surface area contributed by atoms with Crippen molar-refractivity contribution in [2.75, 3.05) is 0 Å². The molecule has 0 fully saturated rings. The average Bonchev–Trinajstić information content (AvgIpc) is 2.18. The van der Waals surface area contributed by atoms with Crippen molar-refractivity contribution in [3.05, 3.63) is 48.1 Å². The molecule has 1 atom stereocenters. The molecule has 1 unspecified atom stereocenters. The molecule has 1 aromatic rings. The number of para-hydroxylation sites is 1. The Labute approximate surface area is 87.3 Å². The number of rotatable bonds is 1. The maximum Gasteiger partial charge on any atom is 0.349 e. The zero-order valence-corrected chi connectivity index (χ0v) is 7.96. The lowest BCUT2D eigenvalue weighted by atomic mass is 10.1. The maximum atomic E-state index is 10.8. The average molecular weight is 202 g/mol. The van der Waals surface area contributed by atoms with E-state index < -0.39 is 12.1 Å². The minimum Gasteiger partial charge on any atom is -0.478 e. The zero-order valence-electron chi connectivity index (χ0n) is 7.96. The van der Waals surface area contributed by atoms with E-state index in [1.165, 1.54) is 6.08 Å². The molecule has 1 aliphatic rings. The summed E-state index contributed by atoms with van der Waals surface area (Å²) in [5.41, 5.74) is 0.883. The summed E-state index contributed by atoms with van der Waals surface area (Å²) in [7, 11) is 0. The summed E-state index contributed by atoms with van der Waals surface area (Å²) in [6.07, 6.45) is 5.95. The fraction of sp³-hybridized carbons (Fsp3) is 0.0833. The van der Waals surface area contributed by atoms with Gasteiger partial charge in [-0.3, -0.25) is 0 Å². The minimum atomic E-state index is -0.989. The van der Waals surface area contributed by atoms with Crippen LogP contribution >= 0.6 is 0 Å². The van der Waals surface area contributed by atoms with Gasteiger partial charge in [0.25, 0.3) is 0 Å². The van der Waals surface area contributed by atoms with Crippen LogP contribution in [0.15, 0.2) is 42.5 Å².